The molecule has 0 amide bonds. The third kappa shape index (κ3) is 3.52. The highest BCUT2D eigenvalue weighted by Crippen LogP contribution is 2.13. The number of hydrogen-bond donors (Lipinski definition) is 1. The lowest BCUT2D eigenvalue weighted by Gasteiger charge is -2.19. The molecule has 17 heavy (non-hydrogen) atoms. The summed E-state index contributed by atoms with van der Waals surface area (Å²) in [5.41, 5.74) is 0. The fraction of sp³-hybridized carbons (Fsp3) is 0.750. The molecule has 1 aliphatic heterocycles. The summed E-state index contributed by atoms with van der Waals surface area (Å²) < 4.78 is 13.0. The number of aromatic nitrogens is 2. The van der Waals surface area contributed by atoms with Gasteiger partial charge in [0.15, 0.2) is 6.29 Å². The van der Waals surface area contributed by atoms with Crippen LogP contribution in [-0.2, 0) is 22.9 Å². The monoisotopic (exact) mass is 239 g/mol. The molecule has 5 heteroatoms. The smallest absolute Gasteiger partial charge is 0.159 e. The van der Waals surface area contributed by atoms with Gasteiger partial charge in [-0.3, -0.25) is 0 Å². The van der Waals surface area contributed by atoms with Crippen LogP contribution in [0.25, 0.3) is 0 Å². The highest BCUT2D eigenvalue weighted by atomic mass is 16.7. The van der Waals surface area contributed by atoms with Gasteiger partial charge in [-0.1, -0.05) is 0 Å². The summed E-state index contributed by atoms with van der Waals surface area (Å²) >= 11 is 0. The standard InChI is InChI=1S/C12H21N3O2/c1-13-10(9-12-16-7-8-17-12)3-4-11-14-5-6-15(11)2/h5-6,10,12-13H,3-4,7-9H2,1-2H3. The molecule has 0 radical (unpaired) electrons. The van der Waals surface area contributed by atoms with Gasteiger partial charge in [0, 0.05) is 38.3 Å². The number of ether oxygens (including phenoxy) is 2. The van der Waals surface area contributed by atoms with Gasteiger partial charge < -0.3 is 19.4 Å². The molecule has 0 aromatic carbocycles. The lowest BCUT2D eigenvalue weighted by Crippen LogP contribution is -2.31. The Balaban J connectivity index is 1.77. The van der Waals surface area contributed by atoms with Crippen molar-refractivity contribution in [2.45, 2.75) is 31.6 Å². The van der Waals surface area contributed by atoms with Crippen molar-refractivity contribution in [2.24, 2.45) is 7.05 Å². The SMILES string of the molecule is CNC(CCc1nccn1C)CC1OCCO1. The maximum atomic E-state index is 5.46. The Morgan fingerprint density at radius 1 is 1.53 bits per heavy atom. The molecule has 2 heterocycles. The Kier molecular flexibility index (Phi) is 4.53. The molecule has 0 saturated carbocycles. The van der Waals surface area contributed by atoms with Crippen molar-refractivity contribution in [3.63, 3.8) is 0 Å². The Bertz CT molecular complexity index is 334. The number of imidazole rings is 1. The lowest BCUT2D eigenvalue weighted by molar-refractivity contribution is -0.0527. The van der Waals surface area contributed by atoms with Gasteiger partial charge in [-0.15, -0.1) is 0 Å². The van der Waals surface area contributed by atoms with Gasteiger partial charge in [0.05, 0.1) is 13.2 Å². The summed E-state index contributed by atoms with van der Waals surface area (Å²) in [6.45, 7) is 1.45. The van der Waals surface area contributed by atoms with Gasteiger partial charge in [0.25, 0.3) is 0 Å². The van der Waals surface area contributed by atoms with Crippen molar-refractivity contribution in [1.29, 1.82) is 0 Å². The molecule has 1 aromatic heterocycles. The molecule has 1 fully saturated rings. The van der Waals surface area contributed by atoms with Crippen molar-refractivity contribution >= 4 is 0 Å². The van der Waals surface area contributed by atoms with E-state index < -0.39 is 0 Å². The Morgan fingerprint density at radius 2 is 2.29 bits per heavy atom. The highest BCUT2D eigenvalue weighted by Gasteiger charge is 2.20. The van der Waals surface area contributed by atoms with E-state index in [0.29, 0.717) is 6.04 Å². The summed E-state index contributed by atoms with van der Waals surface area (Å²) in [6, 6.07) is 0.412. The largest absolute Gasteiger partial charge is 0.350 e. The molecule has 0 aliphatic carbocycles. The van der Waals surface area contributed by atoms with E-state index in [-0.39, 0.29) is 6.29 Å². The van der Waals surface area contributed by atoms with Gasteiger partial charge >= 0.3 is 0 Å². The third-order valence-electron chi connectivity index (χ3n) is 3.21. The number of rotatable bonds is 6. The van der Waals surface area contributed by atoms with Crippen LogP contribution in [0.4, 0.5) is 0 Å². The van der Waals surface area contributed by atoms with Gasteiger partial charge in [0.1, 0.15) is 5.82 Å². The summed E-state index contributed by atoms with van der Waals surface area (Å²) in [4.78, 5) is 4.33. The first-order chi connectivity index (χ1) is 8.29. The van der Waals surface area contributed by atoms with Crippen LogP contribution in [0, 0.1) is 0 Å². The average Bonchev–Trinajstić information content (AvgIpc) is 2.96. The van der Waals surface area contributed by atoms with Crippen molar-refractivity contribution in [3.05, 3.63) is 18.2 Å². The zero-order valence-corrected chi connectivity index (χ0v) is 10.6. The first kappa shape index (κ1) is 12.5. The van der Waals surface area contributed by atoms with E-state index in [2.05, 4.69) is 14.9 Å². The van der Waals surface area contributed by atoms with Crippen LogP contribution in [-0.4, -0.2) is 42.1 Å². The van der Waals surface area contributed by atoms with Crippen molar-refractivity contribution in [2.75, 3.05) is 20.3 Å². The van der Waals surface area contributed by atoms with E-state index in [1.54, 1.807) is 0 Å². The predicted octanol–water partition coefficient (Wildman–Crippen LogP) is 0.704. The minimum absolute atomic E-state index is 0.0335. The van der Waals surface area contributed by atoms with Gasteiger partial charge in [-0.25, -0.2) is 4.98 Å². The summed E-state index contributed by atoms with van der Waals surface area (Å²) in [5.74, 6) is 1.12. The average molecular weight is 239 g/mol. The van der Waals surface area contributed by atoms with Crippen LogP contribution in [0.3, 0.4) is 0 Å². The topological polar surface area (TPSA) is 48.3 Å². The Morgan fingerprint density at radius 3 is 2.88 bits per heavy atom. The molecule has 1 aromatic rings. The van der Waals surface area contributed by atoms with Crippen LogP contribution < -0.4 is 5.32 Å². The van der Waals surface area contributed by atoms with Crippen LogP contribution in [0.5, 0.6) is 0 Å². The van der Waals surface area contributed by atoms with Crippen LogP contribution in [0.15, 0.2) is 12.4 Å². The maximum absolute atomic E-state index is 5.46. The molecule has 1 aliphatic rings. The van der Waals surface area contributed by atoms with Gasteiger partial charge in [-0.05, 0) is 13.5 Å². The zero-order chi connectivity index (χ0) is 12.1. The molecule has 5 nitrogen and oxygen atoms in total. The van der Waals surface area contributed by atoms with E-state index in [9.17, 15) is 0 Å². The third-order valence-corrected chi connectivity index (χ3v) is 3.21. The quantitative estimate of drug-likeness (QED) is 0.794. The van der Waals surface area contributed by atoms with Gasteiger partial charge in [-0.2, -0.15) is 0 Å². The minimum Gasteiger partial charge on any atom is -0.350 e. The van der Waals surface area contributed by atoms with E-state index in [1.807, 2.05) is 26.5 Å². The molecule has 2 rings (SSSR count). The molecule has 1 saturated heterocycles. The second kappa shape index (κ2) is 6.14. The number of nitrogens with zero attached hydrogens (tertiary/aromatic N) is 2. The second-order valence-corrected chi connectivity index (χ2v) is 4.39. The number of hydrogen-bond acceptors (Lipinski definition) is 4. The van der Waals surface area contributed by atoms with Crippen LogP contribution >= 0.6 is 0 Å². The molecular weight excluding hydrogens is 218 g/mol. The minimum atomic E-state index is -0.0335. The normalized spacial score (nSPS) is 18.7. The predicted molar refractivity (Wildman–Crippen MR) is 64.7 cm³/mol. The fourth-order valence-corrected chi connectivity index (χ4v) is 2.10. The summed E-state index contributed by atoms with van der Waals surface area (Å²) in [6.07, 6.45) is 6.71. The fourth-order valence-electron chi connectivity index (χ4n) is 2.10. The molecule has 0 spiro atoms. The number of aryl methyl sites for hydroxylation is 2. The van der Waals surface area contributed by atoms with E-state index in [1.165, 1.54) is 0 Å². The van der Waals surface area contributed by atoms with Crippen molar-refractivity contribution in [3.8, 4) is 0 Å². The maximum Gasteiger partial charge on any atom is 0.159 e. The molecule has 1 atom stereocenters. The van der Waals surface area contributed by atoms with Crippen molar-refractivity contribution < 1.29 is 9.47 Å². The molecule has 1 unspecified atom stereocenters. The van der Waals surface area contributed by atoms with Crippen LogP contribution in [0.1, 0.15) is 18.7 Å². The zero-order valence-electron chi connectivity index (χ0n) is 10.6. The first-order valence-electron chi connectivity index (χ1n) is 6.16. The lowest BCUT2D eigenvalue weighted by atomic mass is 10.1. The molecule has 0 bridgehead atoms. The van der Waals surface area contributed by atoms with Crippen molar-refractivity contribution in [1.82, 2.24) is 14.9 Å². The Labute approximate surface area is 102 Å². The molecule has 96 valence electrons. The highest BCUT2D eigenvalue weighted by molar-refractivity contribution is 4.92. The first-order valence-corrected chi connectivity index (χ1v) is 6.16. The molecular formula is C12H21N3O2. The summed E-state index contributed by atoms with van der Waals surface area (Å²) in [7, 11) is 4.01. The molecule has 1 N–H and O–H groups in total. The summed E-state index contributed by atoms with van der Waals surface area (Å²) in [5, 5.41) is 3.31. The Hall–Kier alpha value is -0.910. The van der Waals surface area contributed by atoms with E-state index in [0.717, 1.165) is 38.3 Å². The van der Waals surface area contributed by atoms with Gasteiger partial charge in [0.2, 0.25) is 0 Å². The number of nitrogens with one attached hydrogen (secondary N) is 1. The van der Waals surface area contributed by atoms with E-state index in [4.69, 9.17) is 9.47 Å². The second-order valence-electron chi connectivity index (χ2n) is 4.39. The van der Waals surface area contributed by atoms with E-state index >= 15 is 0 Å². The van der Waals surface area contributed by atoms with Crippen LogP contribution in [0.2, 0.25) is 0 Å².